The van der Waals surface area contributed by atoms with Gasteiger partial charge in [-0.25, -0.2) is 10.8 Å². The fourth-order valence-corrected chi connectivity index (χ4v) is 0.873. The number of hydrogen-bond acceptors (Lipinski definition) is 4. The Kier molecular flexibility index (Phi) is 2.95. The standard InChI is InChI=1S/C7H9N3OS/c1-11-6-4-5(2-3-9-6)7(12)10-8/h2-4H,8H2,1H3,(H,10,12). The molecule has 0 saturated carbocycles. The van der Waals surface area contributed by atoms with Crippen LogP contribution in [0.5, 0.6) is 5.88 Å². The van der Waals surface area contributed by atoms with Crippen molar-refractivity contribution in [3.05, 3.63) is 23.9 Å². The highest BCUT2D eigenvalue weighted by Gasteiger charge is 2.00. The molecule has 0 fully saturated rings. The maximum atomic E-state index is 5.14. The van der Waals surface area contributed by atoms with Crippen molar-refractivity contribution in [1.82, 2.24) is 10.4 Å². The second-order valence-corrected chi connectivity index (χ2v) is 2.47. The molecule has 0 unspecified atom stereocenters. The largest absolute Gasteiger partial charge is 0.481 e. The Balaban J connectivity index is 2.93. The van der Waals surface area contributed by atoms with Gasteiger partial charge in [-0.05, 0) is 6.07 Å². The van der Waals surface area contributed by atoms with Crippen LogP contribution in [0, 0.1) is 0 Å². The molecule has 0 spiro atoms. The third kappa shape index (κ3) is 1.90. The molecule has 64 valence electrons. The van der Waals surface area contributed by atoms with E-state index in [1.807, 2.05) is 0 Å². The number of hydrogen-bond donors (Lipinski definition) is 2. The first-order valence-electron chi connectivity index (χ1n) is 3.29. The van der Waals surface area contributed by atoms with Gasteiger partial charge < -0.3 is 10.2 Å². The number of nitrogens with two attached hydrogens (primary N) is 1. The number of nitrogens with zero attached hydrogens (tertiary/aromatic N) is 1. The highest BCUT2D eigenvalue weighted by atomic mass is 32.1. The van der Waals surface area contributed by atoms with Gasteiger partial charge in [0.2, 0.25) is 5.88 Å². The van der Waals surface area contributed by atoms with Crippen LogP contribution in [0.25, 0.3) is 0 Å². The summed E-state index contributed by atoms with van der Waals surface area (Å²) in [5, 5.41) is 0. The molecular weight excluding hydrogens is 174 g/mol. The van der Waals surface area contributed by atoms with Crippen LogP contribution in [-0.4, -0.2) is 17.1 Å². The first-order valence-corrected chi connectivity index (χ1v) is 3.69. The van der Waals surface area contributed by atoms with E-state index in [0.717, 1.165) is 5.56 Å². The van der Waals surface area contributed by atoms with Crippen molar-refractivity contribution in [2.45, 2.75) is 0 Å². The van der Waals surface area contributed by atoms with Crippen molar-refractivity contribution in [1.29, 1.82) is 0 Å². The maximum absolute atomic E-state index is 5.14. The van der Waals surface area contributed by atoms with Gasteiger partial charge in [0.25, 0.3) is 0 Å². The lowest BCUT2D eigenvalue weighted by molar-refractivity contribution is 0.398. The number of ether oxygens (including phenoxy) is 1. The summed E-state index contributed by atoms with van der Waals surface area (Å²) in [5.74, 6) is 5.66. The van der Waals surface area contributed by atoms with Gasteiger partial charge in [-0.1, -0.05) is 12.2 Å². The average molecular weight is 183 g/mol. The molecule has 0 amide bonds. The Hall–Kier alpha value is -1.20. The molecule has 0 aliphatic heterocycles. The predicted molar refractivity (Wildman–Crippen MR) is 49.8 cm³/mol. The highest BCUT2D eigenvalue weighted by Crippen LogP contribution is 2.08. The number of methoxy groups -OCH3 is 1. The molecule has 3 N–H and O–H groups in total. The summed E-state index contributed by atoms with van der Waals surface area (Å²) in [5.41, 5.74) is 3.17. The molecule has 5 heteroatoms. The summed E-state index contributed by atoms with van der Waals surface area (Å²) in [6, 6.07) is 3.47. The van der Waals surface area contributed by atoms with Crippen molar-refractivity contribution in [3.63, 3.8) is 0 Å². The molecule has 0 saturated heterocycles. The quantitative estimate of drug-likeness (QED) is 0.390. The van der Waals surface area contributed by atoms with Gasteiger partial charge in [-0.2, -0.15) is 0 Å². The predicted octanol–water partition coefficient (Wildman–Crippen LogP) is 0.229. The second kappa shape index (κ2) is 3.99. The zero-order valence-corrected chi connectivity index (χ0v) is 7.39. The number of nitrogens with one attached hydrogen (secondary N) is 1. The van der Waals surface area contributed by atoms with E-state index in [-0.39, 0.29) is 0 Å². The van der Waals surface area contributed by atoms with Gasteiger partial charge >= 0.3 is 0 Å². The van der Waals surface area contributed by atoms with Crippen molar-refractivity contribution in [2.24, 2.45) is 5.84 Å². The van der Waals surface area contributed by atoms with Crippen molar-refractivity contribution < 1.29 is 4.74 Å². The van der Waals surface area contributed by atoms with Gasteiger partial charge in [0, 0.05) is 17.8 Å². The molecule has 1 aromatic heterocycles. The SMILES string of the molecule is COc1cc(C(=S)NN)ccn1. The second-order valence-electron chi connectivity index (χ2n) is 2.06. The van der Waals surface area contributed by atoms with Gasteiger partial charge in [-0.3, -0.25) is 0 Å². The van der Waals surface area contributed by atoms with Crippen LogP contribution < -0.4 is 16.0 Å². The van der Waals surface area contributed by atoms with Crippen LogP contribution in [-0.2, 0) is 0 Å². The van der Waals surface area contributed by atoms with Gasteiger partial charge in [0.1, 0.15) is 4.99 Å². The lowest BCUT2D eigenvalue weighted by Gasteiger charge is -2.03. The molecule has 0 radical (unpaired) electrons. The summed E-state index contributed by atoms with van der Waals surface area (Å²) in [6.45, 7) is 0. The minimum atomic E-state index is 0.468. The molecule has 0 atom stereocenters. The summed E-state index contributed by atoms with van der Waals surface area (Å²) in [4.78, 5) is 4.39. The Morgan fingerprint density at radius 1 is 1.75 bits per heavy atom. The van der Waals surface area contributed by atoms with Crippen LogP contribution in [0.15, 0.2) is 18.3 Å². The summed E-state index contributed by atoms with van der Waals surface area (Å²) in [6.07, 6.45) is 1.61. The van der Waals surface area contributed by atoms with Crippen molar-refractivity contribution >= 4 is 17.2 Å². The zero-order chi connectivity index (χ0) is 8.97. The number of pyridine rings is 1. The van der Waals surface area contributed by atoms with E-state index < -0.39 is 0 Å². The lowest BCUT2D eigenvalue weighted by atomic mass is 10.3. The molecule has 1 heterocycles. The monoisotopic (exact) mass is 183 g/mol. The summed E-state index contributed by atoms with van der Waals surface area (Å²) >= 11 is 4.91. The third-order valence-electron chi connectivity index (χ3n) is 1.34. The van der Waals surface area contributed by atoms with Gasteiger partial charge in [-0.15, -0.1) is 0 Å². The van der Waals surface area contributed by atoms with E-state index in [1.165, 1.54) is 0 Å². The number of aromatic nitrogens is 1. The molecular formula is C7H9N3OS. The molecule has 1 aromatic rings. The zero-order valence-electron chi connectivity index (χ0n) is 6.57. The van der Waals surface area contributed by atoms with Crippen molar-refractivity contribution in [3.8, 4) is 5.88 Å². The van der Waals surface area contributed by atoms with E-state index in [9.17, 15) is 0 Å². The van der Waals surface area contributed by atoms with E-state index in [0.29, 0.717) is 10.9 Å². The molecule has 0 aromatic carbocycles. The lowest BCUT2D eigenvalue weighted by Crippen LogP contribution is -2.29. The molecule has 0 bridgehead atoms. The van der Waals surface area contributed by atoms with Gasteiger partial charge in [0.05, 0.1) is 7.11 Å². The first-order chi connectivity index (χ1) is 5.77. The highest BCUT2D eigenvalue weighted by molar-refractivity contribution is 7.80. The Morgan fingerprint density at radius 2 is 2.50 bits per heavy atom. The molecule has 4 nitrogen and oxygen atoms in total. The molecule has 12 heavy (non-hydrogen) atoms. The van der Waals surface area contributed by atoms with E-state index in [1.54, 1.807) is 25.4 Å². The molecule has 0 aliphatic rings. The fourth-order valence-electron chi connectivity index (χ4n) is 0.746. The van der Waals surface area contributed by atoms with Crippen LogP contribution in [0.4, 0.5) is 0 Å². The summed E-state index contributed by atoms with van der Waals surface area (Å²) < 4.78 is 4.91. The van der Waals surface area contributed by atoms with Crippen LogP contribution in [0.1, 0.15) is 5.56 Å². The smallest absolute Gasteiger partial charge is 0.213 e. The minimum Gasteiger partial charge on any atom is -0.481 e. The van der Waals surface area contributed by atoms with E-state index in [2.05, 4.69) is 10.4 Å². The molecule has 1 rings (SSSR count). The van der Waals surface area contributed by atoms with E-state index in [4.69, 9.17) is 22.8 Å². The van der Waals surface area contributed by atoms with Crippen LogP contribution in [0.3, 0.4) is 0 Å². The van der Waals surface area contributed by atoms with Crippen molar-refractivity contribution in [2.75, 3.05) is 7.11 Å². The Bertz CT molecular complexity index is 290. The first kappa shape index (κ1) is 8.89. The normalized spacial score (nSPS) is 9.17. The van der Waals surface area contributed by atoms with Crippen LogP contribution in [0.2, 0.25) is 0 Å². The summed E-state index contributed by atoms with van der Waals surface area (Å²) in [7, 11) is 1.55. The fraction of sp³-hybridized carbons (Fsp3) is 0.143. The Labute approximate surface area is 75.7 Å². The maximum Gasteiger partial charge on any atom is 0.213 e. The van der Waals surface area contributed by atoms with E-state index >= 15 is 0 Å². The minimum absolute atomic E-state index is 0.468. The topological polar surface area (TPSA) is 60.2 Å². The number of thiocarbonyl (C=S) groups is 1. The number of hydrazine groups is 1. The third-order valence-corrected chi connectivity index (χ3v) is 1.69. The van der Waals surface area contributed by atoms with Gasteiger partial charge in [0.15, 0.2) is 0 Å². The molecule has 0 aliphatic carbocycles. The Morgan fingerprint density at radius 3 is 3.08 bits per heavy atom. The van der Waals surface area contributed by atoms with Crippen LogP contribution >= 0.6 is 12.2 Å². The average Bonchev–Trinajstić information content (AvgIpc) is 2.17. The number of rotatable bonds is 2.